The molecule has 0 aromatic carbocycles. The first kappa shape index (κ1) is 12.8. The fourth-order valence-electron chi connectivity index (χ4n) is 1.02. The number of nitrogens with one attached hydrogen (secondary N) is 1. The number of aliphatic carboxylic acids is 1. The average Bonchev–Trinajstić information content (AvgIpc) is 2.16. The summed E-state index contributed by atoms with van der Waals surface area (Å²) in [5.74, 6) is -1.05. The molecule has 0 saturated heterocycles. The zero-order valence-corrected chi connectivity index (χ0v) is 10.1. The van der Waals surface area contributed by atoms with E-state index in [0.29, 0.717) is 10.9 Å². The van der Waals surface area contributed by atoms with Crippen molar-refractivity contribution in [2.24, 2.45) is 0 Å². The molecule has 1 aromatic heterocycles. The van der Waals surface area contributed by atoms with Crippen LogP contribution in [0.1, 0.15) is 32.4 Å². The van der Waals surface area contributed by atoms with Crippen molar-refractivity contribution in [3.05, 3.63) is 22.1 Å². The Balaban J connectivity index is 2.97. The summed E-state index contributed by atoms with van der Waals surface area (Å²) < 4.78 is 0. The van der Waals surface area contributed by atoms with Crippen LogP contribution >= 0.6 is 11.8 Å². The highest BCUT2D eigenvalue weighted by molar-refractivity contribution is 8.00. The number of carbonyl (C=O) groups is 1. The van der Waals surface area contributed by atoms with Crippen LogP contribution in [0.4, 0.5) is 0 Å². The molecule has 0 spiro atoms. The van der Waals surface area contributed by atoms with Gasteiger partial charge in [-0.15, -0.1) is 0 Å². The largest absolute Gasteiger partial charge is 0.549 e. The molecule has 0 amide bonds. The number of carbonyl (C=O) groups excluding carboxylic acids is 1. The third kappa shape index (κ3) is 3.37. The van der Waals surface area contributed by atoms with Gasteiger partial charge in [0.25, 0.3) is 5.56 Å². The maximum absolute atomic E-state index is 11.3. The molecular weight excluding hydrogens is 228 g/mol. The number of H-pyrrole nitrogens is 1. The van der Waals surface area contributed by atoms with Crippen molar-refractivity contribution in [3.8, 4) is 0 Å². The number of hydrogen-bond acceptors (Lipinski definition) is 5. The predicted octanol–water partition coefficient (Wildman–Crippen LogP) is 0.124. The van der Waals surface area contributed by atoms with Crippen molar-refractivity contribution in [2.45, 2.75) is 37.1 Å². The van der Waals surface area contributed by atoms with Gasteiger partial charge >= 0.3 is 0 Å². The van der Waals surface area contributed by atoms with E-state index in [4.69, 9.17) is 0 Å². The van der Waals surface area contributed by atoms with E-state index in [9.17, 15) is 14.7 Å². The minimum atomic E-state index is -1.18. The third-order valence-electron chi connectivity index (χ3n) is 1.95. The Hall–Kier alpha value is -1.30. The minimum Gasteiger partial charge on any atom is -0.549 e. The van der Waals surface area contributed by atoms with Gasteiger partial charge in [-0.05, 0) is 12.8 Å². The highest BCUT2D eigenvalue weighted by atomic mass is 32.2. The van der Waals surface area contributed by atoms with E-state index < -0.39 is 11.2 Å². The highest BCUT2D eigenvalue weighted by Gasteiger charge is 2.10. The van der Waals surface area contributed by atoms with Gasteiger partial charge in [-0.2, -0.15) is 0 Å². The molecule has 88 valence electrons. The second-order valence-electron chi connectivity index (χ2n) is 3.71. The zero-order valence-electron chi connectivity index (χ0n) is 9.31. The molecule has 0 bridgehead atoms. The van der Waals surface area contributed by atoms with Crippen LogP contribution in [-0.2, 0) is 4.79 Å². The van der Waals surface area contributed by atoms with E-state index in [1.54, 1.807) is 0 Å². The van der Waals surface area contributed by atoms with Crippen LogP contribution in [0.2, 0.25) is 0 Å². The van der Waals surface area contributed by atoms with Gasteiger partial charge in [-0.1, -0.05) is 25.6 Å². The maximum atomic E-state index is 11.3. The third-order valence-corrected chi connectivity index (χ3v) is 2.91. The van der Waals surface area contributed by atoms with E-state index in [1.165, 1.54) is 13.0 Å². The fraction of sp³-hybridized carbons (Fsp3) is 0.500. The topological polar surface area (TPSA) is 85.9 Å². The van der Waals surface area contributed by atoms with E-state index in [-0.39, 0.29) is 11.5 Å². The summed E-state index contributed by atoms with van der Waals surface area (Å²) in [6, 6.07) is 1.42. The van der Waals surface area contributed by atoms with Crippen LogP contribution in [0, 0.1) is 0 Å². The van der Waals surface area contributed by atoms with Crippen molar-refractivity contribution >= 4 is 17.7 Å². The quantitative estimate of drug-likeness (QED) is 0.598. The van der Waals surface area contributed by atoms with Crippen LogP contribution < -0.4 is 10.7 Å². The molecule has 1 heterocycles. The van der Waals surface area contributed by atoms with Gasteiger partial charge in [0.2, 0.25) is 0 Å². The number of nitrogens with zero attached hydrogens (tertiary/aromatic N) is 1. The zero-order chi connectivity index (χ0) is 12.3. The fourth-order valence-corrected chi connectivity index (χ4v) is 1.77. The molecule has 0 aliphatic rings. The van der Waals surface area contributed by atoms with Gasteiger partial charge < -0.3 is 14.9 Å². The van der Waals surface area contributed by atoms with Gasteiger partial charge in [-0.25, -0.2) is 4.98 Å². The molecular formula is C10H13N2O3S-. The molecule has 0 saturated carbocycles. The molecule has 0 aliphatic heterocycles. The first-order valence-corrected chi connectivity index (χ1v) is 5.77. The smallest absolute Gasteiger partial charge is 0.251 e. The number of carboxylic acid groups (broad SMARTS) is 1. The van der Waals surface area contributed by atoms with Crippen molar-refractivity contribution < 1.29 is 9.90 Å². The Labute approximate surface area is 97.3 Å². The molecule has 6 heteroatoms. The summed E-state index contributed by atoms with van der Waals surface area (Å²) in [5, 5.41) is 10.1. The number of aromatic nitrogens is 2. The van der Waals surface area contributed by atoms with Crippen LogP contribution in [-0.4, -0.2) is 21.2 Å². The van der Waals surface area contributed by atoms with E-state index in [2.05, 4.69) is 9.97 Å². The molecule has 1 atom stereocenters. The summed E-state index contributed by atoms with van der Waals surface area (Å²) in [5.41, 5.74) is 0.378. The normalized spacial score (nSPS) is 12.8. The van der Waals surface area contributed by atoms with Gasteiger partial charge in [0.15, 0.2) is 5.16 Å². The van der Waals surface area contributed by atoms with Crippen LogP contribution in [0.5, 0.6) is 0 Å². The second-order valence-corrected chi connectivity index (χ2v) is 5.04. The molecule has 0 fully saturated rings. The van der Waals surface area contributed by atoms with Gasteiger partial charge in [-0.3, -0.25) is 4.79 Å². The molecule has 0 unspecified atom stereocenters. The molecule has 5 nitrogen and oxygen atoms in total. The molecule has 1 N–H and O–H groups in total. The van der Waals surface area contributed by atoms with Crippen molar-refractivity contribution in [1.82, 2.24) is 9.97 Å². The Bertz CT molecular complexity index is 442. The maximum Gasteiger partial charge on any atom is 0.251 e. The van der Waals surface area contributed by atoms with Crippen molar-refractivity contribution in [2.75, 3.05) is 0 Å². The number of carboxylic acids is 1. The molecule has 1 aromatic rings. The molecule has 16 heavy (non-hydrogen) atoms. The van der Waals surface area contributed by atoms with Gasteiger partial charge in [0.1, 0.15) is 0 Å². The first-order chi connectivity index (χ1) is 7.40. The van der Waals surface area contributed by atoms with Crippen molar-refractivity contribution in [3.63, 3.8) is 0 Å². The Kier molecular flexibility index (Phi) is 4.12. The van der Waals surface area contributed by atoms with Crippen molar-refractivity contribution in [1.29, 1.82) is 0 Å². The highest BCUT2D eigenvalue weighted by Crippen LogP contribution is 2.19. The Morgan fingerprint density at radius 3 is 2.62 bits per heavy atom. The number of rotatable bonds is 4. The summed E-state index contributed by atoms with van der Waals surface area (Å²) in [6.45, 7) is 5.32. The van der Waals surface area contributed by atoms with Crippen LogP contribution in [0.15, 0.2) is 16.0 Å². The standard InChI is InChI=1S/C10H14N2O3S/c1-5(2)7-4-8(13)12-10(11-7)16-6(3)9(14)15/h4-6H,1-3H3,(H,14,15)(H,11,12,13)/p-1/t6-/m1/s1. The van der Waals surface area contributed by atoms with E-state index in [1.807, 2.05) is 13.8 Å². The van der Waals surface area contributed by atoms with E-state index in [0.717, 1.165) is 11.8 Å². The lowest BCUT2D eigenvalue weighted by molar-refractivity contribution is -0.304. The molecule has 1 rings (SSSR count). The lowest BCUT2D eigenvalue weighted by Gasteiger charge is -2.12. The Morgan fingerprint density at radius 1 is 1.50 bits per heavy atom. The average molecular weight is 241 g/mol. The monoisotopic (exact) mass is 241 g/mol. The predicted molar refractivity (Wildman–Crippen MR) is 59.3 cm³/mol. The SMILES string of the molecule is CC(C)c1cc(=O)[nH]c(S[C@H](C)C(=O)[O-])n1. The minimum absolute atomic E-state index is 0.125. The molecule has 0 aliphatic carbocycles. The number of hydrogen-bond donors (Lipinski definition) is 1. The first-order valence-electron chi connectivity index (χ1n) is 4.89. The van der Waals surface area contributed by atoms with Crippen LogP contribution in [0.3, 0.4) is 0 Å². The summed E-state index contributed by atoms with van der Waals surface area (Å²) >= 11 is 0.969. The van der Waals surface area contributed by atoms with Crippen LogP contribution in [0.25, 0.3) is 0 Å². The van der Waals surface area contributed by atoms with Gasteiger partial charge in [0.05, 0.1) is 11.7 Å². The summed E-state index contributed by atoms with van der Waals surface area (Å²) in [6.07, 6.45) is 0. The lowest BCUT2D eigenvalue weighted by atomic mass is 10.1. The second kappa shape index (κ2) is 5.16. The number of aromatic amines is 1. The van der Waals surface area contributed by atoms with E-state index >= 15 is 0 Å². The lowest BCUT2D eigenvalue weighted by Crippen LogP contribution is -2.31. The van der Waals surface area contributed by atoms with Gasteiger partial charge in [0, 0.05) is 11.3 Å². The summed E-state index contributed by atoms with van der Waals surface area (Å²) in [4.78, 5) is 28.5. The number of thioether (sulfide) groups is 1. The summed E-state index contributed by atoms with van der Waals surface area (Å²) in [7, 11) is 0. The Morgan fingerprint density at radius 2 is 2.12 bits per heavy atom. The molecule has 0 radical (unpaired) electrons.